The van der Waals surface area contributed by atoms with E-state index in [4.69, 9.17) is 0 Å². The van der Waals surface area contributed by atoms with Gasteiger partial charge >= 0.3 is 0 Å². The average Bonchev–Trinajstić information content (AvgIpc) is 2.88. The minimum absolute atomic E-state index is 0. The van der Waals surface area contributed by atoms with Crippen LogP contribution in [0.3, 0.4) is 0 Å². The zero-order valence-electron chi connectivity index (χ0n) is 12.9. The van der Waals surface area contributed by atoms with E-state index in [2.05, 4.69) is 29.2 Å². The molecular formula is C15H27ClN4. The molecule has 3 heterocycles. The minimum Gasteiger partial charge on any atom is -0.317 e. The van der Waals surface area contributed by atoms with Gasteiger partial charge in [-0.3, -0.25) is 9.58 Å². The highest BCUT2D eigenvalue weighted by Gasteiger charge is 2.38. The fourth-order valence-electron chi connectivity index (χ4n) is 3.80. The normalized spacial score (nSPS) is 22.1. The third kappa shape index (κ3) is 2.87. The predicted octanol–water partition coefficient (Wildman–Crippen LogP) is 2.03. The van der Waals surface area contributed by atoms with E-state index in [9.17, 15) is 0 Å². The van der Waals surface area contributed by atoms with E-state index in [1.54, 1.807) is 0 Å². The van der Waals surface area contributed by atoms with E-state index >= 15 is 0 Å². The van der Waals surface area contributed by atoms with Gasteiger partial charge in [-0.1, -0.05) is 0 Å². The summed E-state index contributed by atoms with van der Waals surface area (Å²) in [7, 11) is 2.05. The Kier molecular flexibility index (Phi) is 4.77. The Bertz CT molecular complexity index is 463. The fourth-order valence-corrected chi connectivity index (χ4v) is 3.80. The summed E-state index contributed by atoms with van der Waals surface area (Å²) >= 11 is 0. The van der Waals surface area contributed by atoms with Gasteiger partial charge in [-0.05, 0) is 58.2 Å². The number of hydrogen-bond donors (Lipinski definition) is 1. The molecule has 3 rings (SSSR count). The van der Waals surface area contributed by atoms with Crippen molar-refractivity contribution in [3.63, 3.8) is 0 Å². The Hall–Kier alpha value is -0.580. The molecule has 0 saturated carbocycles. The maximum Gasteiger partial charge on any atom is 0.0641 e. The molecule has 0 aromatic carbocycles. The highest BCUT2D eigenvalue weighted by Crippen LogP contribution is 2.39. The summed E-state index contributed by atoms with van der Waals surface area (Å²) in [6, 6.07) is 0. The molecule has 114 valence electrons. The first-order valence-corrected chi connectivity index (χ1v) is 7.52. The van der Waals surface area contributed by atoms with Gasteiger partial charge in [0.15, 0.2) is 0 Å². The summed E-state index contributed by atoms with van der Waals surface area (Å²) in [6.45, 7) is 10.4. The molecule has 1 aromatic heterocycles. The van der Waals surface area contributed by atoms with Gasteiger partial charge in [0, 0.05) is 31.4 Å². The molecular weight excluding hydrogens is 272 g/mol. The molecule has 0 amide bonds. The lowest BCUT2D eigenvalue weighted by atomic mass is 9.78. The van der Waals surface area contributed by atoms with Crippen molar-refractivity contribution in [1.82, 2.24) is 20.0 Å². The van der Waals surface area contributed by atoms with Crippen LogP contribution >= 0.6 is 12.4 Å². The smallest absolute Gasteiger partial charge is 0.0641 e. The van der Waals surface area contributed by atoms with Crippen molar-refractivity contribution in [3.8, 4) is 0 Å². The summed E-state index contributed by atoms with van der Waals surface area (Å²) in [4.78, 5) is 2.64. The Morgan fingerprint density at radius 3 is 2.50 bits per heavy atom. The number of rotatable bonds is 2. The molecule has 2 fully saturated rings. The number of aromatic nitrogens is 2. The van der Waals surface area contributed by atoms with Crippen LogP contribution in [-0.2, 0) is 13.6 Å². The van der Waals surface area contributed by atoms with E-state index in [0.29, 0.717) is 5.41 Å². The Balaban J connectivity index is 0.00000147. The summed E-state index contributed by atoms with van der Waals surface area (Å²) < 4.78 is 2.01. The maximum atomic E-state index is 4.54. The van der Waals surface area contributed by atoms with E-state index in [1.165, 1.54) is 62.4 Å². The Morgan fingerprint density at radius 2 is 1.90 bits per heavy atom. The lowest BCUT2D eigenvalue weighted by molar-refractivity contribution is 0.193. The second kappa shape index (κ2) is 6.04. The largest absolute Gasteiger partial charge is 0.317 e. The molecule has 2 saturated heterocycles. The summed E-state index contributed by atoms with van der Waals surface area (Å²) in [6.07, 6.45) is 4.09. The van der Waals surface area contributed by atoms with Gasteiger partial charge in [-0.15, -0.1) is 12.4 Å². The molecule has 0 aliphatic carbocycles. The number of hydrogen-bond acceptors (Lipinski definition) is 3. The standard InChI is InChI=1S/C15H26N4.ClH/c1-12-14(13(2)18(3)17-12)10-19-9-6-15(11-19)4-7-16-8-5-15;/h16H,4-11H2,1-3H3;1H. The molecule has 0 radical (unpaired) electrons. The fraction of sp³-hybridized carbons (Fsp3) is 0.800. The van der Waals surface area contributed by atoms with Crippen LogP contribution in [-0.4, -0.2) is 40.9 Å². The van der Waals surface area contributed by atoms with Crippen molar-refractivity contribution in [3.05, 3.63) is 17.0 Å². The molecule has 1 N–H and O–H groups in total. The zero-order valence-corrected chi connectivity index (χ0v) is 13.7. The average molecular weight is 299 g/mol. The summed E-state index contributed by atoms with van der Waals surface area (Å²) in [5, 5.41) is 8.03. The summed E-state index contributed by atoms with van der Waals surface area (Å²) in [5.74, 6) is 0. The molecule has 2 aliphatic rings. The van der Waals surface area contributed by atoms with Crippen LogP contribution in [0.25, 0.3) is 0 Å². The third-order valence-corrected chi connectivity index (χ3v) is 5.22. The number of likely N-dealkylation sites (tertiary alicyclic amines) is 1. The van der Waals surface area contributed by atoms with Crippen LogP contribution in [0.15, 0.2) is 0 Å². The van der Waals surface area contributed by atoms with Crippen LogP contribution in [0.5, 0.6) is 0 Å². The van der Waals surface area contributed by atoms with Gasteiger partial charge in [0.25, 0.3) is 0 Å². The van der Waals surface area contributed by atoms with Crippen molar-refractivity contribution < 1.29 is 0 Å². The Morgan fingerprint density at radius 1 is 1.20 bits per heavy atom. The quantitative estimate of drug-likeness (QED) is 0.907. The lowest BCUT2D eigenvalue weighted by Crippen LogP contribution is -2.38. The van der Waals surface area contributed by atoms with Gasteiger partial charge in [-0.25, -0.2) is 0 Å². The van der Waals surface area contributed by atoms with Crippen molar-refractivity contribution in [2.75, 3.05) is 26.2 Å². The van der Waals surface area contributed by atoms with Crippen LogP contribution in [0.4, 0.5) is 0 Å². The topological polar surface area (TPSA) is 33.1 Å². The lowest BCUT2D eigenvalue weighted by Gasteiger charge is -2.34. The van der Waals surface area contributed by atoms with Crippen molar-refractivity contribution in [2.24, 2.45) is 12.5 Å². The molecule has 20 heavy (non-hydrogen) atoms. The van der Waals surface area contributed by atoms with Crippen LogP contribution < -0.4 is 5.32 Å². The van der Waals surface area contributed by atoms with E-state index < -0.39 is 0 Å². The minimum atomic E-state index is 0. The third-order valence-electron chi connectivity index (χ3n) is 5.22. The second-order valence-electron chi connectivity index (χ2n) is 6.48. The molecule has 0 atom stereocenters. The molecule has 5 heteroatoms. The van der Waals surface area contributed by atoms with Gasteiger partial charge in [-0.2, -0.15) is 5.10 Å². The van der Waals surface area contributed by atoms with E-state index in [1.807, 2.05) is 11.7 Å². The monoisotopic (exact) mass is 298 g/mol. The zero-order chi connectivity index (χ0) is 13.5. The molecule has 0 bridgehead atoms. The second-order valence-corrected chi connectivity index (χ2v) is 6.48. The van der Waals surface area contributed by atoms with Crippen LogP contribution in [0, 0.1) is 19.3 Å². The van der Waals surface area contributed by atoms with E-state index in [0.717, 1.165) is 6.54 Å². The van der Waals surface area contributed by atoms with Gasteiger partial charge in [0.2, 0.25) is 0 Å². The first kappa shape index (κ1) is 15.8. The SMILES string of the molecule is Cc1nn(C)c(C)c1CN1CCC2(CCNCC2)C1.Cl. The molecule has 0 unspecified atom stereocenters. The first-order chi connectivity index (χ1) is 9.10. The highest BCUT2D eigenvalue weighted by molar-refractivity contribution is 5.85. The molecule has 1 spiro atoms. The number of nitrogens with one attached hydrogen (secondary N) is 1. The Labute approximate surface area is 128 Å². The van der Waals surface area contributed by atoms with Crippen LogP contribution in [0.1, 0.15) is 36.2 Å². The van der Waals surface area contributed by atoms with Crippen molar-refractivity contribution in [2.45, 2.75) is 39.7 Å². The molecule has 2 aliphatic heterocycles. The van der Waals surface area contributed by atoms with Gasteiger partial charge < -0.3 is 5.32 Å². The number of piperidine rings is 1. The van der Waals surface area contributed by atoms with E-state index in [-0.39, 0.29) is 12.4 Å². The maximum absolute atomic E-state index is 4.54. The summed E-state index contributed by atoms with van der Waals surface area (Å²) in [5.41, 5.74) is 4.57. The number of aryl methyl sites for hydroxylation is 2. The molecule has 4 nitrogen and oxygen atoms in total. The van der Waals surface area contributed by atoms with Crippen LogP contribution in [0.2, 0.25) is 0 Å². The highest BCUT2D eigenvalue weighted by atomic mass is 35.5. The van der Waals surface area contributed by atoms with Crippen molar-refractivity contribution in [1.29, 1.82) is 0 Å². The predicted molar refractivity (Wildman–Crippen MR) is 84.4 cm³/mol. The number of nitrogens with zero attached hydrogens (tertiary/aromatic N) is 3. The van der Waals surface area contributed by atoms with Gasteiger partial charge in [0.1, 0.15) is 0 Å². The number of halogens is 1. The van der Waals surface area contributed by atoms with Crippen molar-refractivity contribution >= 4 is 12.4 Å². The molecule has 1 aromatic rings. The van der Waals surface area contributed by atoms with Gasteiger partial charge in [0.05, 0.1) is 5.69 Å². The first-order valence-electron chi connectivity index (χ1n) is 7.52.